The lowest BCUT2D eigenvalue weighted by Gasteiger charge is -2.10. The van der Waals surface area contributed by atoms with E-state index < -0.39 is 0 Å². The number of nitrogens with two attached hydrogens (primary N) is 1. The zero-order valence-corrected chi connectivity index (χ0v) is 12.8. The van der Waals surface area contributed by atoms with Gasteiger partial charge in [0, 0.05) is 20.7 Å². The van der Waals surface area contributed by atoms with Gasteiger partial charge in [-0.05, 0) is 22.7 Å². The van der Waals surface area contributed by atoms with Crippen molar-refractivity contribution in [2.75, 3.05) is 25.2 Å². The van der Waals surface area contributed by atoms with E-state index in [1.165, 1.54) is 11.5 Å². The molecule has 1 heterocycles. The topological polar surface area (TPSA) is 89.3 Å². The first-order chi connectivity index (χ1) is 10.2. The Bertz CT molecular complexity index is 627. The van der Waals surface area contributed by atoms with Gasteiger partial charge in [0.25, 0.3) is 5.91 Å². The Morgan fingerprint density at radius 2 is 2.10 bits per heavy atom. The van der Waals surface area contributed by atoms with E-state index in [0.717, 1.165) is 11.1 Å². The van der Waals surface area contributed by atoms with Crippen LogP contribution in [0.1, 0.15) is 21.5 Å². The summed E-state index contributed by atoms with van der Waals surface area (Å²) >= 11 is 1.18. The van der Waals surface area contributed by atoms with E-state index in [0.29, 0.717) is 23.7 Å². The molecule has 0 saturated heterocycles. The number of amides is 1. The molecule has 7 heteroatoms. The highest BCUT2D eigenvalue weighted by Crippen LogP contribution is 2.27. The zero-order valence-electron chi connectivity index (χ0n) is 12.0. The number of hydrogen-bond acceptors (Lipinski definition) is 6. The molecule has 0 unspecified atom stereocenters. The Morgan fingerprint density at radius 3 is 2.76 bits per heavy atom. The van der Waals surface area contributed by atoms with Gasteiger partial charge in [0.2, 0.25) is 0 Å². The maximum atomic E-state index is 11.8. The number of rotatable bonds is 6. The zero-order chi connectivity index (χ0) is 15.2. The highest BCUT2D eigenvalue weighted by Gasteiger charge is 2.18. The summed E-state index contributed by atoms with van der Waals surface area (Å²) in [4.78, 5) is 11.8. The molecular formula is C14H18N4O2S. The number of ether oxygens (including phenoxy) is 1. The minimum Gasteiger partial charge on any atom is -0.382 e. The number of nitrogens with zero attached hydrogens (tertiary/aromatic N) is 1. The number of aromatic nitrogens is 1. The second kappa shape index (κ2) is 7.05. The fraction of sp³-hybridized carbons (Fsp3) is 0.286. The fourth-order valence-electron chi connectivity index (χ4n) is 1.97. The van der Waals surface area contributed by atoms with Crippen LogP contribution in [0.2, 0.25) is 0 Å². The van der Waals surface area contributed by atoms with Crippen molar-refractivity contribution in [1.29, 1.82) is 0 Å². The molecular weight excluding hydrogens is 288 g/mol. The van der Waals surface area contributed by atoms with Crippen molar-refractivity contribution >= 4 is 28.3 Å². The number of nitrogen functional groups attached to an aromatic ring is 1. The van der Waals surface area contributed by atoms with Gasteiger partial charge in [-0.2, -0.15) is 4.37 Å². The summed E-state index contributed by atoms with van der Waals surface area (Å²) in [6.07, 6.45) is 0. The molecule has 1 amide bonds. The maximum Gasteiger partial charge on any atom is 0.257 e. The SMILES string of the molecule is CNC(=O)c1c(N)nsc1NCc1ccccc1COC. The molecule has 2 aromatic rings. The Labute approximate surface area is 127 Å². The number of carbonyl (C=O) groups is 1. The van der Waals surface area contributed by atoms with Crippen molar-refractivity contribution in [1.82, 2.24) is 9.69 Å². The molecule has 4 N–H and O–H groups in total. The summed E-state index contributed by atoms with van der Waals surface area (Å²) in [6, 6.07) is 7.97. The van der Waals surface area contributed by atoms with Crippen molar-refractivity contribution in [3.05, 3.63) is 41.0 Å². The smallest absolute Gasteiger partial charge is 0.257 e. The third-order valence-corrected chi connectivity index (χ3v) is 3.85. The van der Waals surface area contributed by atoms with E-state index in [1.807, 2.05) is 24.3 Å². The van der Waals surface area contributed by atoms with Crippen LogP contribution in [-0.4, -0.2) is 24.4 Å². The van der Waals surface area contributed by atoms with Crippen LogP contribution in [0.15, 0.2) is 24.3 Å². The van der Waals surface area contributed by atoms with Gasteiger partial charge in [-0.3, -0.25) is 4.79 Å². The summed E-state index contributed by atoms with van der Waals surface area (Å²) in [6.45, 7) is 1.12. The normalized spacial score (nSPS) is 10.4. The van der Waals surface area contributed by atoms with Gasteiger partial charge in [0.1, 0.15) is 10.6 Å². The number of methoxy groups -OCH3 is 1. The quantitative estimate of drug-likeness (QED) is 0.758. The Balaban J connectivity index is 2.16. The van der Waals surface area contributed by atoms with Gasteiger partial charge in [-0.15, -0.1) is 0 Å². The number of benzene rings is 1. The third kappa shape index (κ3) is 3.50. The fourth-order valence-corrected chi connectivity index (χ4v) is 2.68. The standard InChI is InChI=1S/C14H18N4O2S/c1-16-13(19)11-12(15)18-21-14(11)17-7-9-5-3-4-6-10(9)8-20-2/h3-6,17H,7-8H2,1-2H3,(H2,15,18)(H,16,19). The van der Waals surface area contributed by atoms with Crippen LogP contribution in [0, 0.1) is 0 Å². The number of nitrogens with one attached hydrogen (secondary N) is 2. The molecule has 112 valence electrons. The molecule has 2 rings (SSSR count). The van der Waals surface area contributed by atoms with E-state index >= 15 is 0 Å². The van der Waals surface area contributed by atoms with Gasteiger partial charge in [-0.1, -0.05) is 24.3 Å². The van der Waals surface area contributed by atoms with Crippen LogP contribution in [0.5, 0.6) is 0 Å². The van der Waals surface area contributed by atoms with Crippen LogP contribution in [0.4, 0.5) is 10.8 Å². The summed E-state index contributed by atoms with van der Waals surface area (Å²) in [5, 5.41) is 6.46. The molecule has 1 aromatic carbocycles. The van der Waals surface area contributed by atoms with Crippen molar-refractivity contribution < 1.29 is 9.53 Å². The molecule has 0 atom stereocenters. The first-order valence-electron chi connectivity index (χ1n) is 6.44. The summed E-state index contributed by atoms with van der Waals surface area (Å²) < 4.78 is 9.21. The van der Waals surface area contributed by atoms with E-state index in [-0.39, 0.29) is 11.7 Å². The predicted molar refractivity (Wildman–Crippen MR) is 84.4 cm³/mol. The molecule has 21 heavy (non-hydrogen) atoms. The molecule has 6 nitrogen and oxygen atoms in total. The van der Waals surface area contributed by atoms with Crippen molar-refractivity contribution in [3.8, 4) is 0 Å². The van der Waals surface area contributed by atoms with Gasteiger partial charge < -0.3 is 21.1 Å². The van der Waals surface area contributed by atoms with Gasteiger partial charge in [0.05, 0.1) is 6.61 Å². The maximum absolute atomic E-state index is 11.8. The molecule has 0 radical (unpaired) electrons. The van der Waals surface area contributed by atoms with Crippen LogP contribution in [-0.2, 0) is 17.9 Å². The first kappa shape index (κ1) is 15.3. The minimum atomic E-state index is -0.242. The second-order valence-corrected chi connectivity index (χ2v) is 5.18. The lowest BCUT2D eigenvalue weighted by Crippen LogP contribution is -2.20. The van der Waals surface area contributed by atoms with E-state index in [4.69, 9.17) is 10.5 Å². The lowest BCUT2D eigenvalue weighted by molar-refractivity contribution is 0.0965. The van der Waals surface area contributed by atoms with Crippen molar-refractivity contribution in [2.24, 2.45) is 0 Å². The predicted octanol–water partition coefficient (Wildman–Crippen LogP) is 1.84. The lowest BCUT2D eigenvalue weighted by atomic mass is 10.1. The molecule has 0 saturated carbocycles. The largest absolute Gasteiger partial charge is 0.382 e. The van der Waals surface area contributed by atoms with Crippen molar-refractivity contribution in [2.45, 2.75) is 13.2 Å². The first-order valence-corrected chi connectivity index (χ1v) is 7.21. The molecule has 0 spiro atoms. The molecule has 0 bridgehead atoms. The van der Waals surface area contributed by atoms with Crippen LogP contribution < -0.4 is 16.4 Å². The summed E-state index contributed by atoms with van der Waals surface area (Å²) in [5.74, 6) is 0.000883. The summed E-state index contributed by atoms with van der Waals surface area (Å²) in [7, 11) is 3.23. The van der Waals surface area contributed by atoms with E-state index in [9.17, 15) is 4.79 Å². The number of carbonyl (C=O) groups excluding carboxylic acids is 1. The Morgan fingerprint density at radius 1 is 1.38 bits per heavy atom. The number of hydrogen-bond donors (Lipinski definition) is 3. The van der Waals surface area contributed by atoms with Gasteiger partial charge in [-0.25, -0.2) is 0 Å². The average Bonchev–Trinajstić information content (AvgIpc) is 2.87. The summed E-state index contributed by atoms with van der Waals surface area (Å²) in [5.41, 5.74) is 8.35. The minimum absolute atomic E-state index is 0.242. The third-order valence-electron chi connectivity index (χ3n) is 3.03. The van der Waals surface area contributed by atoms with Gasteiger partial charge in [0.15, 0.2) is 5.82 Å². The Kier molecular flexibility index (Phi) is 5.13. The number of anilines is 2. The van der Waals surface area contributed by atoms with E-state index in [1.54, 1.807) is 14.2 Å². The highest BCUT2D eigenvalue weighted by atomic mass is 32.1. The molecule has 0 aliphatic rings. The van der Waals surface area contributed by atoms with Crippen LogP contribution >= 0.6 is 11.5 Å². The second-order valence-electron chi connectivity index (χ2n) is 4.41. The molecule has 0 aliphatic heterocycles. The monoisotopic (exact) mass is 306 g/mol. The molecule has 1 aromatic heterocycles. The highest BCUT2D eigenvalue weighted by molar-refractivity contribution is 7.11. The Hall–Kier alpha value is -2.12. The van der Waals surface area contributed by atoms with Crippen LogP contribution in [0.25, 0.3) is 0 Å². The van der Waals surface area contributed by atoms with Gasteiger partial charge >= 0.3 is 0 Å². The van der Waals surface area contributed by atoms with Crippen molar-refractivity contribution in [3.63, 3.8) is 0 Å². The average molecular weight is 306 g/mol. The molecule has 0 aliphatic carbocycles. The van der Waals surface area contributed by atoms with Crippen LogP contribution in [0.3, 0.4) is 0 Å². The van der Waals surface area contributed by atoms with E-state index in [2.05, 4.69) is 15.0 Å². The molecule has 0 fully saturated rings.